The van der Waals surface area contributed by atoms with Crippen LogP contribution in [0.1, 0.15) is 42.1 Å². The minimum absolute atomic E-state index is 0.0802. The lowest BCUT2D eigenvalue weighted by molar-refractivity contribution is 0.0944. The molecule has 0 bridgehead atoms. The van der Waals surface area contributed by atoms with E-state index in [-0.39, 0.29) is 5.91 Å². The quantitative estimate of drug-likeness (QED) is 0.215. The van der Waals surface area contributed by atoms with E-state index in [1.807, 2.05) is 18.2 Å². The average molecular weight is 537 g/mol. The Balaban J connectivity index is 1.42. The number of allylic oxidation sites excluding steroid dienone is 1. The molecule has 3 aromatic rings. The second-order valence-corrected chi connectivity index (χ2v) is 10.4. The SMILES string of the molecule is CC/C=C\Sc1cc(Nc2nc(Nc3cccc(C(=O)NCC4CCNCC4)c3)ncc2Cl)ccc1C. The predicted molar refractivity (Wildman–Crippen MR) is 154 cm³/mol. The highest BCUT2D eigenvalue weighted by molar-refractivity contribution is 8.02. The summed E-state index contributed by atoms with van der Waals surface area (Å²) in [4.78, 5) is 22.8. The number of hydrogen-bond donors (Lipinski definition) is 4. The lowest BCUT2D eigenvalue weighted by atomic mass is 9.98. The molecule has 7 nitrogen and oxygen atoms in total. The summed E-state index contributed by atoms with van der Waals surface area (Å²) in [7, 11) is 0. The van der Waals surface area contributed by atoms with Gasteiger partial charge in [-0.05, 0) is 86.5 Å². The summed E-state index contributed by atoms with van der Waals surface area (Å²) >= 11 is 8.09. The van der Waals surface area contributed by atoms with Crippen molar-refractivity contribution < 1.29 is 4.79 Å². The van der Waals surface area contributed by atoms with Gasteiger partial charge in [0.15, 0.2) is 5.82 Å². The first-order valence-electron chi connectivity index (χ1n) is 12.6. The molecule has 4 rings (SSSR count). The fourth-order valence-corrected chi connectivity index (χ4v) is 4.99. The molecule has 0 spiro atoms. The van der Waals surface area contributed by atoms with E-state index in [0.29, 0.717) is 34.8 Å². The van der Waals surface area contributed by atoms with Gasteiger partial charge in [0.2, 0.25) is 5.95 Å². The fraction of sp³-hybridized carbons (Fsp3) is 0.321. The Morgan fingerprint density at radius 2 is 1.97 bits per heavy atom. The maximum absolute atomic E-state index is 12.7. The van der Waals surface area contributed by atoms with Crippen LogP contribution >= 0.6 is 23.4 Å². The number of nitrogens with one attached hydrogen (secondary N) is 4. The zero-order valence-electron chi connectivity index (χ0n) is 21.2. The van der Waals surface area contributed by atoms with Gasteiger partial charge in [0.05, 0.1) is 6.20 Å². The summed E-state index contributed by atoms with van der Waals surface area (Å²) in [6.07, 6.45) is 6.87. The smallest absolute Gasteiger partial charge is 0.251 e. The molecule has 1 aliphatic rings. The third-order valence-electron chi connectivity index (χ3n) is 6.11. The molecular formula is C28H33ClN6OS. The molecule has 0 atom stereocenters. The van der Waals surface area contributed by atoms with Crippen LogP contribution in [0, 0.1) is 12.8 Å². The Morgan fingerprint density at radius 1 is 1.16 bits per heavy atom. The molecule has 0 unspecified atom stereocenters. The van der Waals surface area contributed by atoms with Crippen LogP contribution in [0.25, 0.3) is 0 Å². The molecule has 4 N–H and O–H groups in total. The van der Waals surface area contributed by atoms with Crippen LogP contribution in [0.4, 0.5) is 23.1 Å². The fourth-order valence-electron chi connectivity index (χ4n) is 3.97. The molecule has 1 fully saturated rings. The molecular weight excluding hydrogens is 504 g/mol. The number of piperidine rings is 1. The lowest BCUT2D eigenvalue weighted by Gasteiger charge is -2.22. The average Bonchev–Trinajstić information content (AvgIpc) is 2.92. The van der Waals surface area contributed by atoms with Gasteiger partial charge in [0.25, 0.3) is 5.91 Å². The highest BCUT2D eigenvalue weighted by atomic mass is 35.5. The van der Waals surface area contributed by atoms with Crippen molar-refractivity contribution in [3.8, 4) is 0 Å². The first kappa shape index (κ1) is 27.0. The van der Waals surface area contributed by atoms with Gasteiger partial charge in [0.1, 0.15) is 5.02 Å². The van der Waals surface area contributed by atoms with Gasteiger partial charge < -0.3 is 21.3 Å². The number of nitrogens with zero attached hydrogens (tertiary/aromatic N) is 2. The van der Waals surface area contributed by atoms with E-state index in [2.05, 4.69) is 68.7 Å². The first-order valence-corrected chi connectivity index (χ1v) is 13.9. The van der Waals surface area contributed by atoms with Crippen LogP contribution in [0.2, 0.25) is 5.02 Å². The summed E-state index contributed by atoms with van der Waals surface area (Å²) in [5, 5.41) is 15.4. The second kappa shape index (κ2) is 13.5. The normalized spacial score (nSPS) is 14.0. The summed E-state index contributed by atoms with van der Waals surface area (Å²) in [6, 6.07) is 13.5. The van der Waals surface area contributed by atoms with Crippen molar-refractivity contribution in [2.45, 2.75) is 38.0 Å². The molecule has 37 heavy (non-hydrogen) atoms. The van der Waals surface area contributed by atoms with Gasteiger partial charge in [0, 0.05) is 28.4 Å². The van der Waals surface area contributed by atoms with Crippen LogP contribution in [0.15, 0.2) is 65.0 Å². The van der Waals surface area contributed by atoms with Crippen LogP contribution in [0.5, 0.6) is 0 Å². The largest absolute Gasteiger partial charge is 0.352 e. The number of carbonyl (C=O) groups excluding carboxylic acids is 1. The summed E-state index contributed by atoms with van der Waals surface area (Å²) < 4.78 is 0. The summed E-state index contributed by atoms with van der Waals surface area (Å²) in [5.41, 5.74) is 3.40. The van der Waals surface area contributed by atoms with Crippen molar-refractivity contribution in [1.29, 1.82) is 0 Å². The van der Waals surface area contributed by atoms with Gasteiger partial charge in [-0.2, -0.15) is 4.98 Å². The topological polar surface area (TPSA) is 91.0 Å². The molecule has 0 aliphatic carbocycles. The number of amides is 1. The Kier molecular flexibility index (Phi) is 9.82. The number of aryl methyl sites for hydroxylation is 1. The van der Waals surface area contributed by atoms with Gasteiger partial charge in [-0.15, -0.1) is 0 Å². The molecule has 2 aromatic carbocycles. The van der Waals surface area contributed by atoms with Crippen molar-refractivity contribution in [2.75, 3.05) is 30.3 Å². The number of aromatic nitrogens is 2. The Morgan fingerprint density at radius 3 is 2.78 bits per heavy atom. The zero-order chi connectivity index (χ0) is 26.0. The second-order valence-electron chi connectivity index (χ2n) is 9.00. The minimum Gasteiger partial charge on any atom is -0.352 e. The number of rotatable bonds is 10. The van der Waals surface area contributed by atoms with E-state index < -0.39 is 0 Å². The van der Waals surface area contributed by atoms with E-state index in [1.54, 1.807) is 30.1 Å². The number of anilines is 4. The van der Waals surface area contributed by atoms with Crippen molar-refractivity contribution >= 4 is 52.4 Å². The van der Waals surface area contributed by atoms with Crippen molar-refractivity contribution in [3.05, 3.63) is 76.3 Å². The third-order valence-corrected chi connectivity index (χ3v) is 7.41. The highest BCUT2D eigenvalue weighted by Gasteiger charge is 2.15. The van der Waals surface area contributed by atoms with Crippen LogP contribution in [-0.4, -0.2) is 35.5 Å². The van der Waals surface area contributed by atoms with Gasteiger partial charge >= 0.3 is 0 Å². The molecule has 194 valence electrons. The van der Waals surface area contributed by atoms with E-state index in [1.165, 1.54) is 5.56 Å². The maximum atomic E-state index is 12.7. The standard InChI is InChI=1S/C28H33ClN6OS/c1-3-4-14-37-25-16-23(9-8-19(25)2)33-26-24(29)18-32-28(35-26)34-22-7-5-6-21(15-22)27(36)31-17-20-10-12-30-13-11-20/h4-9,14-16,18,20,30H,3,10-13,17H2,1-2H3,(H,31,36)(H2,32,33,34,35)/b14-4-. The predicted octanol–water partition coefficient (Wildman–Crippen LogP) is 6.67. The number of carbonyl (C=O) groups is 1. The third kappa shape index (κ3) is 7.95. The molecule has 2 heterocycles. The first-order chi connectivity index (χ1) is 18.0. The number of halogens is 1. The van der Waals surface area contributed by atoms with E-state index in [9.17, 15) is 4.79 Å². The number of hydrogen-bond acceptors (Lipinski definition) is 7. The van der Waals surface area contributed by atoms with Gasteiger partial charge in [-0.1, -0.05) is 48.5 Å². The Labute approximate surface area is 227 Å². The van der Waals surface area contributed by atoms with E-state index in [4.69, 9.17) is 11.6 Å². The molecule has 1 aromatic heterocycles. The number of benzene rings is 2. The molecule has 0 radical (unpaired) electrons. The van der Waals surface area contributed by atoms with E-state index in [0.717, 1.165) is 48.6 Å². The minimum atomic E-state index is -0.0802. The van der Waals surface area contributed by atoms with E-state index >= 15 is 0 Å². The molecule has 1 amide bonds. The molecule has 1 saturated heterocycles. The Bertz CT molecular complexity index is 1250. The van der Waals surface area contributed by atoms with Gasteiger partial charge in [-0.25, -0.2) is 4.98 Å². The maximum Gasteiger partial charge on any atom is 0.251 e. The van der Waals surface area contributed by atoms with Crippen molar-refractivity contribution in [2.24, 2.45) is 5.92 Å². The van der Waals surface area contributed by atoms with Gasteiger partial charge in [-0.3, -0.25) is 4.79 Å². The monoisotopic (exact) mass is 536 g/mol. The van der Waals surface area contributed by atoms with Crippen LogP contribution in [-0.2, 0) is 0 Å². The summed E-state index contributed by atoms with van der Waals surface area (Å²) in [6.45, 7) is 6.93. The highest BCUT2D eigenvalue weighted by Crippen LogP contribution is 2.30. The molecule has 9 heteroatoms. The van der Waals surface area contributed by atoms with Crippen molar-refractivity contribution in [1.82, 2.24) is 20.6 Å². The molecule has 0 saturated carbocycles. The lowest BCUT2D eigenvalue weighted by Crippen LogP contribution is -2.35. The Hall–Kier alpha value is -3.07. The van der Waals surface area contributed by atoms with Crippen LogP contribution in [0.3, 0.4) is 0 Å². The summed E-state index contributed by atoms with van der Waals surface area (Å²) in [5.74, 6) is 1.32. The number of thioether (sulfide) groups is 1. The van der Waals surface area contributed by atoms with Crippen molar-refractivity contribution in [3.63, 3.8) is 0 Å². The van der Waals surface area contributed by atoms with Crippen LogP contribution < -0.4 is 21.3 Å². The zero-order valence-corrected chi connectivity index (χ0v) is 22.8. The molecule has 1 aliphatic heterocycles.